The van der Waals surface area contributed by atoms with Crippen LogP contribution in [0.4, 0.5) is 0 Å². The molecule has 1 aliphatic rings. The first-order valence-electron chi connectivity index (χ1n) is 3.75. The van der Waals surface area contributed by atoms with E-state index in [4.69, 9.17) is 4.74 Å². The lowest BCUT2D eigenvalue weighted by Gasteiger charge is -2.03. The summed E-state index contributed by atoms with van der Waals surface area (Å²) in [5.41, 5.74) is 0.131. The maximum absolute atomic E-state index is 5.23. The van der Waals surface area contributed by atoms with Crippen molar-refractivity contribution in [1.82, 2.24) is 14.8 Å². The highest BCUT2D eigenvalue weighted by Crippen LogP contribution is 2.29. The first kappa shape index (κ1) is 6.79. The Morgan fingerprint density at radius 1 is 1.73 bits per heavy atom. The molecule has 0 aromatic carbocycles. The number of aromatic nitrogens is 3. The fourth-order valence-electron chi connectivity index (χ4n) is 0.967. The minimum absolute atomic E-state index is 0.131. The van der Waals surface area contributed by atoms with E-state index in [9.17, 15) is 0 Å². The van der Waals surface area contributed by atoms with Gasteiger partial charge in [0.05, 0.1) is 12.2 Å². The molecule has 1 unspecified atom stereocenters. The molecule has 2 rings (SSSR count). The first-order valence-corrected chi connectivity index (χ1v) is 3.75. The molecule has 4 nitrogen and oxygen atoms in total. The zero-order valence-electron chi connectivity index (χ0n) is 6.53. The molecule has 0 spiro atoms. The van der Waals surface area contributed by atoms with Gasteiger partial charge < -0.3 is 4.74 Å². The van der Waals surface area contributed by atoms with Crippen LogP contribution in [-0.4, -0.2) is 27.0 Å². The highest BCUT2D eigenvalue weighted by molar-refractivity contribution is 4.86. The van der Waals surface area contributed by atoms with Crippen LogP contribution in [0.5, 0.6) is 0 Å². The molecule has 1 atom stereocenters. The number of rotatable bonds is 3. The molecule has 0 radical (unpaired) electrons. The minimum Gasteiger partial charge on any atom is -0.370 e. The van der Waals surface area contributed by atoms with E-state index in [1.54, 1.807) is 12.7 Å². The summed E-state index contributed by atoms with van der Waals surface area (Å²) in [7, 11) is 0. The number of hydrogen-bond acceptors (Lipinski definition) is 3. The number of nitrogens with zero attached hydrogens (tertiary/aromatic N) is 3. The van der Waals surface area contributed by atoms with E-state index in [1.807, 2.05) is 4.68 Å². The Labute approximate surface area is 65.2 Å². The molecule has 0 bridgehead atoms. The maximum atomic E-state index is 5.23. The van der Waals surface area contributed by atoms with Gasteiger partial charge in [0, 0.05) is 6.54 Å². The van der Waals surface area contributed by atoms with E-state index in [-0.39, 0.29) is 5.60 Å². The van der Waals surface area contributed by atoms with Crippen LogP contribution in [0.2, 0.25) is 0 Å². The Morgan fingerprint density at radius 2 is 2.55 bits per heavy atom. The Hall–Kier alpha value is -0.900. The Kier molecular flexibility index (Phi) is 1.42. The third kappa shape index (κ3) is 1.57. The molecule has 2 heterocycles. The van der Waals surface area contributed by atoms with Crippen molar-refractivity contribution in [3.05, 3.63) is 12.7 Å². The van der Waals surface area contributed by atoms with Gasteiger partial charge in [0.25, 0.3) is 0 Å². The van der Waals surface area contributed by atoms with Crippen LogP contribution in [-0.2, 0) is 11.3 Å². The van der Waals surface area contributed by atoms with Crippen molar-refractivity contribution in [2.45, 2.75) is 25.5 Å². The van der Waals surface area contributed by atoms with E-state index >= 15 is 0 Å². The summed E-state index contributed by atoms with van der Waals surface area (Å²) in [6, 6.07) is 0. The largest absolute Gasteiger partial charge is 0.370 e. The molecular formula is C7H11N3O. The summed E-state index contributed by atoms with van der Waals surface area (Å²) in [4.78, 5) is 3.85. The molecule has 0 N–H and O–H groups in total. The lowest BCUT2D eigenvalue weighted by Crippen LogP contribution is -2.10. The van der Waals surface area contributed by atoms with E-state index in [0.717, 1.165) is 19.6 Å². The summed E-state index contributed by atoms with van der Waals surface area (Å²) in [6.07, 6.45) is 4.30. The zero-order valence-corrected chi connectivity index (χ0v) is 6.53. The van der Waals surface area contributed by atoms with Gasteiger partial charge in [-0.05, 0) is 13.3 Å². The molecule has 11 heavy (non-hydrogen) atoms. The van der Waals surface area contributed by atoms with Gasteiger partial charge in [-0.2, -0.15) is 5.10 Å². The van der Waals surface area contributed by atoms with Crippen LogP contribution in [0.1, 0.15) is 13.3 Å². The third-order valence-electron chi connectivity index (χ3n) is 1.97. The molecule has 4 heteroatoms. The number of aryl methyl sites for hydroxylation is 1. The fourth-order valence-corrected chi connectivity index (χ4v) is 0.967. The van der Waals surface area contributed by atoms with Crippen LogP contribution in [0.15, 0.2) is 12.7 Å². The second kappa shape index (κ2) is 2.30. The van der Waals surface area contributed by atoms with Crippen molar-refractivity contribution in [3.63, 3.8) is 0 Å². The predicted molar refractivity (Wildman–Crippen MR) is 39.0 cm³/mol. The molecule has 1 saturated heterocycles. The predicted octanol–water partition coefficient (Wildman–Crippen LogP) is 0.457. The lowest BCUT2D eigenvalue weighted by molar-refractivity contribution is 0.294. The molecular weight excluding hydrogens is 142 g/mol. The standard InChI is InChI=1S/C7H11N3O/c1-7(4-11-7)2-3-10-6-8-5-9-10/h5-6H,2-4H2,1H3. The SMILES string of the molecule is CC1(CCn2cncn2)CO1. The van der Waals surface area contributed by atoms with Crippen molar-refractivity contribution < 1.29 is 4.74 Å². The molecule has 1 aromatic rings. The highest BCUT2D eigenvalue weighted by atomic mass is 16.6. The number of hydrogen-bond donors (Lipinski definition) is 0. The Balaban J connectivity index is 1.83. The second-order valence-electron chi connectivity index (χ2n) is 3.15. The smallest absolute Gasteiger partial charge is 0.137 e. The molecule has 1 aliphatic heterocycles. The van der Waals surface area contributed by atoms with E-state index < -0.39 is 0 Å². The van der Waals surface area contributed by atoms with Gasteiger partial charge in [0.1, 0.15) is 12.7 Å². The van der Waals surface area contributed by atoms with E-state index in [0.29, 0.717) is 0 Å². The molecule has 0 saturated carbocycles. The topological polar surface area (TPSA) is 43.2 Å². The molecule has 0 amide bonds. The molecule has 1 aromatic heterocycles. The number of epoxide rings is 1. The minimum atomic E-state index is 0.131. The summed E-state index contributed by atoms with van der Waals surface area (Å²) in [5, 5.41) is 4.00. The summed E-state index contributed by atoms with van der Waals surface area (Å²) in [5.74, 6) is 0. The van der Waals surface area contributed by atoms with E-state index in [1.165, 1.54) is 0 Å². The second-order valence-corrected chi connectivity index (χ2v) is 3.15. The van der Waals surface area contributed by atoms with Crippen molar-refractivity contribution in [2.24, 2.45) is 0 Å². The summed E-state index contributed by atoms with van der Waals surface area (Å²) >= 11 is 0. The van der Waals surface area contributed by atoms with Crippen LogP contribution < -0.4 is 0 Å². The van der Waals surface area contributed by atoms with Crippen molar-refractivity contribution >= 4 is 0 Å². The Morgan fingerprint density at radius 3 is 3.09 bits per heavy atom. The first-order chi connectivity index (χ1) is 5.29. The van der Waals surface area contributed by atoms with Gasteiger partial charge in [0.15, 0.2) is 0 Å². The van der Waals surface area contributed by atoms with Gasteiger partial charge >= 0.3 is 0 Å². The highest BCUT2D eigenvalue weighted by Gasteiger charge is 2.38. The average Bonchev–Trinajstić information content (AvgIpc) is 2.53. The van der Waals surface area contributed by atoms with Crippen LogP contribution >= 0.6 is 0 Å². The van der Waals surface area contributed by atoms with Gasteiger partial charge in [-0.15, -0.1) is 0 Å². The molecule has 0 aliphatic carbocycles. The van der Waals surface area contributed by atoms with Crippen molar-refractivity contribution in [3.8, 4) is 0 Å². The van der Waals surface area contributed by atoms with Gasteiger partial charge in [-0.25, -0.2) is 4.98 Å². The third-order valence-corrected chi connectivity index (χ3v) is 1.97. The zero-order chi connectivity index (χ0) is 7.73. The fraction of sp³-hybridized carbons (Fsp3) is 0.714. The average molecular weight is 153 g/mol. The van der Waals surface area contributed by atoms with Crippen LogP contribution in [0, 0.1) is 0 Å². The van der Waals surface area contributed by atoms with Crippen LogP contribution in [0.3, 0.4) is 0 Å². The monoisotopic (exact) mass is 153 g/mol. The van der Waals surface area contributed by atoms with Gasteiger partial charge in [-0.3, -0.25) is 4.68 Å². The molecule has 60 valence electrons. The molecule has 1 fully saturated rings. The Bertz CT molecular complexity index is 228. The summed E-state index contributed by atoms with van der Waals surface area (Å²) < 4.78 is 7.06. The van der Waals surface area contributed by atoms with Gasteiger partial charge in [0.2, 0.25) is 0 Å². The summed E-state index contributed by atoms with van der Waals surface area (Å²) in [6.45, 7) is 3.90. The maximum Gasteiger partial charge on any atom is 0.137 e. The quantitative estimate of drug-likeness (QED) is 0.592. The lowest BCUT2D eigenvalue weighted by atomic mass is 10.1. The number of ether oxygens (including phenoxy) is 1. The van der Waals surface area contributed by atoms with Crippen molar-refractivity contribution in [1.29, 1.82) is 0 Å². The van der Waals surface area contributed by atoms with E-state index in [2.05, 4.69) is 17.0 Å². The van der Waals surface area contributed by atoms with Crippen LogP contribution in [0.25, 0.3) is 0 Å². The van der Waals surface area contributed by atoms with Crippen molar-refractivity contribution in [2.75, 3.05) is 6.61 Å². The van der Waals surface area contributed by atoms with Gasteiger partial charge in [-0.1, -0.05) is 0 Å². The normalized spacial score (nSPS) is 28.8.